The molecule has 1 fully saturated rings. The first-order chi connectivity index (χ1) is 9.61. The Balaban J connectivity index is 2.03. The van der Waals surface area contributed by atoms with Crippen LogP contribution in [0.3, 0.4) is 0 Å². The summed E-state index contributed by atoms with van der Waals surface area (Å²) in [6, 6.07) is 5.77. The SMILES string of the molecule is COC1CNC(C(=O)N(Cc2ccccn2)C(C)C)C1. The van der Waals surface area contributed by atoms with E-state index in [0.717, 1.165) is 18.7 Å². The van der Waals surface area contributed by atoms with Gasteiger partial charge in [0.2, 0.25) is 5.91 Å². The summed E-state index contributed by atoms with van der Waals surface area (Å²) in [5.74, 6) is 0.130. The van der Waals surface area contributed by atoms with Gasteiger partial charge in [-0.3, -0.25) is 9.78 Å². The fourth-order valence-corrected chi connectivity index (χ4v) is 2.45. The molecule has 0 aliphatic carbocycles. The van der Waals surface area contributed by atoms with Crippen molar-refractivity contribution in [2.45, 2.75) is 45.0 Å². The first kappa shape index (κ1) is 14.9. The van der Waals surface area contributed by atoms with Gasteiger partial charge in [-0.1, -0.05) is 6.07 Å². The molecule has 1 N–H and O–H groups in total. The second-order valence-corrected chi connectivity index (χ2v) is 5.44. The summed E-state index contributed by atoms with van der Waals surface area (Å²) >= 11 is 0. The molecule has 5 heteroatoms. The van der Waals surface area contributed by atoms with E-state index in [1.807, 2.05) is 36.9 Å². The van der Waals surface area contributed by atoms with E-state index in [0.29, 0.717) is 6.54 Å². The van der Waals surface area contributed by atoms with Gasteiger partial charge in [0.15, 0.2) is 0 Å². The molecule has 2 atom stereocenters. The Hall–Kier alpha value is -1.46. The second kappa shape index (κ2) is 6.81. The molecule has 20 heavy (non-hydrogen) atoms. The summed E-state index contributed by atoms with van der Waals surface area (Å²) in [5, 5.41) is 3.24. The maximum absolute atomic E-state index is 12.6. The lowest BCUT2D eigenvalue weighted by Gasteiger charge is -2.29. The van der Waals surface area contributed by atoms with Gasteiger partial charge in [-0.15, -0.1) is 0 Å². The molecule has 0 saturated carbocycles. The van der Waals surface area contributed by atoms with E-state index in [9.17, 15) is 4.79 Å². The largest absolute Gasteiger partial charge is 0.380 e. The van der Waals surface area contributed by atoms with Crippen LogP contribution in [0.25, 0.3) is 0 Å². The van der Waals surface area contributed by atoms with Crippen molar-refractivity contribution in [3.05, 3.63) is 30.1 Å². The summed E-state index contributed by atoms with van der Waals surface area (Å²) in [6.07, 6.45) is 2.63. The van der Waals surface area contributed by atoms with Gasteiger partial charge in [0.05, 0.1) is 24.4 Å². The molecule has 2 unspecified atom stereocenters. The van der Waals surface area contributed by atoms with E-state index >= 15 is 0 Å². The monoisotopic (exact) mass is 277 g/mol. The van der Waals surface area contributed by atoms with Gasteiger partial charge in [0.25, 0.3) is 0 Å². The zero-order chi connectivity index (χ0) is 14.5. The van der Waals surface area contributed by atoms with E-state index in [4.69, 9.17) is 4.74 Å². The molecular weight excluding hydrogens is 254 g/mol. The molecule has 2 rings (SSSR count). The second-order valence-electron chi connectivity index (χ2n) is 5.44. The number of ether oxygens (including phenoxy) is 1. The summed E-state index contributed by atoms with van der Waals surface area (Å²) < 4.78 is 5.30. The van der Waals surface area contributed by atoms with E-state index in [-0.39, 0.29) is 24.1 Å². The lowest BCUT2D eigenvalue weighted by Crippen LogP contribution is -2.46. The molecule has 2 heterocycles. The molecule has 0 bridgehead atoms. The smallest absolute Gasteiger partial charge is 0.240 e. The summed E-state index contributed by atoms with van der Waals surface area (Å²) in [6.45, 7) is 5.35. The van der Waals surface area contributed by atoms with Gasteiger partial charge in [0, 0.05) is 25.9 Å². The molecule has 0 radical (unpaired) electrons. The number of carbonyl (C=O) groups excluding carboxylic acids is 1. The number of nitrogens with zero attached hydrogens (tertiary/aromatic N) is 2. The van der Waals surface area contributed by atoms with Crippen molar-refractivity contribution in [2.24, 2.45) is 0 Å². The molecule has 1 aliphatic heterocycles. The fraction of sp³-hybridized carbons (Fsp3) is 0.600. The van der Waals surface area contributed by atoms with Crippen LogP contribution < -0.4 is 5.32 Å². The van der Waals surface area contributed by atoms with Gasteiger partial charge in [-0.25, -0.2) is 0 Å². The Kier molecular flexibility index (Phi) is 5.09. The maximum Gasteiger partial charge on any atom is 0.240 e. The fourth-order valence-electron chi connectivity index (χ4n) is 2.45. The average Bonchev–Trinajstić information content (AvgIpc) is 2.94. The Labute approximate surface area is 120 Å². The first-order valence-electron chi connectivity index (χ1n) is 7.08. The topological polar surface area (TPSA) is 54.5 Å². The van der Waals surface area contributed by atoms with Gasteiger partial charge in [-0.2, -0.15) is 0 Å². The van der Waals surface area contributed by atoms with Crippen LogP contribution in [0.1, 0.15) is 26.0 Å². The number of rotatable bonds is 5. The first-order valence-corrected chi connectivity index (χ1v) is 7.08. The number of aromatic nitrogens is 1. The lowest BCUT2D eigenvalue weighted by molar-refractivity contribution is -0.135. The molecule has 1 aromatic heterocycles. The molecule has 1 saturated heterocycles. The third-order valence-corrected chi connectivity index (χ3v) is 3.69. The van der Waals surface area contributed by atoms with Crippen LogP contribution in [-0.4, -0.2) is 47.6 Å². The van der Waals surface area contributed by atoms with Crippen molar-refractivity contribution in [3.8, 4) is 0 Å². The summed E-state index contributed by atoms with van der Waals surface area (Å²) in [4.78, 5) is 18.8. The molecule has 110 valence electrons. The molecule has 5 nitrogen and oxygen atoms in total. The van der Waals surface area contributed by atoms with Crippen molar-refractivity contribution in [1.29, 1.82) is 0 Å². The Morgan fingerprint density at radius 1 is 1.55 bits per heavy atom. The minimum absolute atomic E-state index is 0.130. The minimum Gasteiger partial charge on any atom is -0.380 e. The highest BCUT2D eigenvalue weighted by molar-refractivity contribution is 5.82. The van der Waals surface area contributed by atoms with Crippen molar-refractivity contribution in [3.63, 3.8) is 0 Å². The van der Waals surface area contributed by atoms with Crippen LogP contribution in [0, 0.1) is 0 Å². The third-order valence-electron chi connectivity index (χ3n) is 3.69. The van der Waals surface area contributed by atoms with Crippen LogP contribution in [-0.2, 0) is 16.1 Å². The molecule has 1 aromatic rings. The maximum atomic E-state index is 12.6. The Bertz CT molecular complexity index is 436. The minimum atomic E-state index is -0.147. The predicted octanol–water partition coefficient (Wildman–Crippen LogP) is 1.20. The van der Waals surface area contributed by atoms with Crippen molar-refractivity contribution >= 4 is 5.91 Å². The third kappa shape index (κ3) is 3.55. The number of carbonyl (C=O) groups is 1. The molecule has 1 amide bonds. The normalized spacial score (nSPS) is 22.2. The molecule has 0 spiro atoms. The Morgan fingerprint density at radius 2 is 2.35 bits per heavy atom. The summed E-state index contributed by atoms with van der Waals surface area (Å²) in [7, 11) is 1.69. The lowest BCUT2D eigenvalue weighted by atomic mass is 10.1. The number of methoxy groups -OCH3 is 1. The van der Waals surface area contributed by atoms with E-state index in [2.05, 4.69) is 10.3 Å². The van der Waals surface area contributed by atoms with Crippen LogP contribution in [0.15, 0.2) is 24.4 Å². The van der Waals surface area contributed by atoms with Crippen LogP contribution in [0.2, 0.25) is 0 Å². The quantitative estimate of drug-likeness (QED) is 0.878. The predicted molar refractivity (Wildman–Crippen MR) is 77.1 cm³/mol. The molecular formula is C15H23N3O2. The van der Waals surface area contributed by atoms with Gasteiger partial charge in [0.1, 0.15) is 0 Å². The van der Waals surface area contributed by atoms with E-state index in [1.54, 1.807) is 13.3 Å². The van der Waals surface area contributed by atoms with Crippen LogP contribution in [0.4, 0.5) is 0 Å². The van der Waals surface area contributed by atoms with E-state index < -0.39 is 0 Å². The average molecular weight is 277 g/mol. The van der Waals surface area contributed by atoms with Crippen LogP contribution in [0.5, 0.6) is 0 Å². The number of hydrogen-bond acceptors (Lipinski definition) is 4. The number of amides is 1. The van der Waals surface area contributed by atoms with Gasteiger partial charge < -0.3 is 15.0 Å². The van der Waals surface area contributed by atoms with Crippen molar-refractivity contribution in [2.75, 3.05) is 13.7 Å². The molecule has 0 aromatic carbocycles. The van der Waals surface area contributed by atoms with Crippen LogP contribution >= 0.6 is 0 Å². The highest BCUT2D eigenvalue weighted by Gasteiger charge is 2.33. The standard InChI is InChI=1S/C15H23N3O2/c1-11(2)18(10-12-6-4-5-7-16-12)15(19)14-8-13(20-3)9-17-14/h4-7,11,13-14,17H,8-10H2,1-3H3. The zero-order valence-electron chi connectivity index (χ0n) is 12.4. The highest BCUT2D eigenvalue weighted by Crippen LogP contribution is 2.15. The Morgan fingerprint density at radius 3 is 2.90 bits per heavy atom. The van der Waals surface area contributed by atoms with Crippen molar-refractivity contribution < 1.29 is 9.53 Å². The van der Waals surface area contributed by atoms with Gasteiger partial charge in [-0.05, 0) is 32.4 Å². The number of hydrogen-bond donors (Lipinski definition) is 1. The number of nitrogens with one attached hydrogen (secondary N) is 1. The van der Waals surface area contributed by atoms with Gasteiger partial charge >= 0.3 is 0 Å². The zero-order valence-corrected chi connectivity index (χ0v) is 12.4. The van der Waals surface area contributed by atoms with Crippen molar-refractivity contribution in [1.82, 2.24) is 15.2 Å². The van der Waals surface area contributed by atoms with E-state index in [1.165, 1.54) is 0 Å². The number of pyridine rings is 1. The molecule has 1 aliphatic rings. The summed E-state index contributed by atoms with van der Waals surface area (Å²) in [5.41, 5.74) is 0.913. The highest BCUT2D eigenvalue weighted by atomic mass is 16.5.